The minimum atomic E-state index is 0.616. The van der Waals surface area contributed by atoms with Crippen LogP contribution >= 0.6 is 39.1 Å². The largest absolute Gasteiger partial charge is 0.254 e. The minimum absolute atomic E-state index is 0.616. The normalized spacial score (nSPS) is 10.9. The number of aromatic nitrogens is 1. The van der Waals surface area contributed by atoms with Crippen molar-refractivity contribution in [1.82, 2.24) is 4.98 Å². The van der Waals surface area contributed by atoms with E-state index in [-0.39, 0.29) is 0 Å². The van der Waals surface area contributed by atoms with Gasteiger partial charge in [0.25, 0.3) is 0 Å². The molecule has 0 saturated carbocycles. The molecule has 1 heterocycles. The summed E-state index contributed by atoms with van der Waals surface area (Å²) in [6.07, 6.45) is 1.73. The lowest BCUT2D eigenvalue weighted by molar-refractivity contribution is 1.33. The van der Waals surface area contributed by atoms with E-state index in [1.54, 1.807) is 12.3 Å². The Hall–Kier alpha value is -0.310. The number of hydrogen-bond donors (Lipinski definition) is 0. The number of halogens is 3. The Labute approximate surface area is 100 Å². The zero-order valence-corrected chi connectivity index (χ0v) is 10.4. The number of aryl methyl sites for hydroxylation is 1. The molecule has 0 radical (unpaired) electrons. The van der Waals surface area contributed by atoms with Crippen molar-refractivity contribution in [2.75, 3.05) is 0 Å². The van der Waals surface area contributed by atoms with Gasteiger partial charge in [-0.3, -0.25) is 4.98 Å². The molecule has 0 aliphatic rings. The molecule has 14 heavy (non-hydrogen) atoms. The first-order valence-corrected chi connectivity index (χ1v) is 5.55. The fourth-order valence-corrected chi connectivity index (χ4v) is 2.37. The van der Waals surface area contributed by atoms with Crippen LogP contribution in [0.15, 0.2) is 22.8 Å². The van der Waals surface area contributed by atoms with E-state index >= 15 is 0 Å². The van der Waals surface area contributed by atoms with Crippen molar-refractivity contribution in [2.24, 2.45) is 0 Å². The van der Waals surface area contributed by atoms with Crippen LogP contribution in [0.3, 0.4) is 0 Å². The third-order valence-corrected chi connectivity index (χ3v) is 3.48. The molecule has 1 aromatic heterocycles. The van der Waals surface area contributed by atoms with Crippen LogP contribution in [0.4, 0.5) is 0 Å². The molecule has 0 fully saturated rings. The molecule has 4 heteroatoms. The summed E-state index contributed by atoms with van der Waals surface area (Å²) in [5.41, 5.74) is 1.68. The summed E-state index contributed by atoms with van der Waals surface area (Å²) in [6.45, 7) is 1.92. The third-order valence-electron chi connectivity index (χ3n) is 2.03. The minimum Gasteiger partial charge on any atom is -0.254 e. The highest BCUT2D eigenvalue weighted by atomic mass is 79.9. The Morgan fingerprint density at radius 3 is 2.71 bits per heavy atom. The first kappa shape index (κ1) is 10.2. The van der Waals surface area contributed by atoms with Gasteiger partial charge in [-0.05, 0) is 24.6 Å². The molecule has 0 aliphatic heterocycles. The molecule has 1 aromatic carbocycles. The topological polar surface area (TPSA) is 12.9 Å². The molecule has 0 amide bonds. The Bertz CT molecular complexity index is 511. The lowest BCUT2D eigenvalue weighted by Crippen LogP contribution is -1.86. The number of pyridine rings is 1. The van der Waals surface area contributed by atoms with Crippen LogP contribution < -0.4 is 0 Å². The second-order valence-corrected chi connectivity index (χ2v) is 4.65. The van der Waals surface area contributed by atoms with Gasteiger partial charge in [0.1, 0.15) is 0 Å². The van der Waals surface area contributed by atoms with E-state index in [9.17, 15) is 0 Å². The van der Waals surface area contributed by atoms with Gasteiger partial charge in [-0.1, -0.05) is 39.1 Å². The van der Waals surface area contributed by atoms with Gasteiger partial charge in [-0.25, -0.2) is 0 Å². The quantitative estimate of drug-likeness (QED) is 0.690. The molecule has 0 atom stereocenters. The highest BCUT2D eigenvalue weighted by molar-refractivity contribution is 9.10. The number of hydrogen-bond acceptors (Lipinski definition) is 1. The van der Waals surface area contributed by atoms with Crippen molar-refractivity contribution >= 4 is 50.0 Å². The van der Waals surface area contributed by atoms with E-state index in [1.807, 2.05) is 13.0 Å². The SMILES string of the molecule is Cc1cnc2c(Cl)ccc(Br)c2c1Cl. The van der Waals surface area contributed by atoms with Gasteiger partial charge in [-0.2, -0.15) is 0 Å². The number of benzene rings is 1. The standard InChI is InChI=1S/C10H6BrCl2N/c1-5-4-14-10-7(12)3-2-6(11)8(10)9(5)13/h2-4H,1H3. The first-order chi connectivity index (χ1) is 6.61. The fourth-order valence-electron chi connectivity index (χ4n) is 1.29. The summed E-state index contributed by atoms with van der Waals surface area (Å²) in [4.78, 5) is 4.26. The molecule has 0 aliphatic carbocycles. The van der Waals surface area contributed by atoms with Gasteiger partial charge < -0.3 is 0 Å². The zero-order valence-electron chi connectivity index (χ0n) is 7.31. The maximum Gasteiger partial charge on any atom is 0.0914 e. The predicted molar refractivity (Wildman–Crippen MR) is 64.2 cm³/mol. The van der Waals surface area contributed by atoms with Crippen LogP contribution in [-0.2, 0) is 0 Å². The van der Waals surface area contributed by atoms with Crippen LogP contribution in [0.5, 0.6) is 0 Å². The predicted octanol–water partition coefficient (Wildman–Crippen LogP) is 4.61. The molecule has 72 valence electrons. The summed E-state index contributed by atoms with van der Waals surface area (Å²) < 4.78 is 0.915. The van der Waals surface area contributed by atoms with Crippen molar-refractivity contribution in [3.05, 3.63) is 38.4 Å². The Morgan fingerprint density at radius 1 is 1.29 bits per heavy atom. The van der Waals surface area contributed by atoms with Crippen molar-refractivity contribution in [3.8, 4) is 0 Å². The summed E-state index contributed by atoms with van der Waals surface area (Å²) in [5, 5.41) is 2.19. The van der Waals surface area contributed by atoms with Gasteiger partial charge in [0.15, 0.2) is 0 Å². The van der Waals surface area contributed by atoms with Crippen LogP contribution in [0, 0.1) is 6.92 Å². The molecule has 0 saturated heterocycles. The molecule has 2 rings (SSSR count). The van der Waals surface area contributed by atoms with Crippen LogP contribution in [0.1, 0.15) is 5.56 Å². The lowest BCUT2D eigenvalue weighted by Gasteiger charge is -2.06. The van der Waals surface area contributed by atoms with Crippen molar-refractivity contribution < 1.29 is 0 Å². The summed E-state index contributed by atoms with van der Waals surface area (Å²) in [5.74, 6) is 0. The van der Waals surface area contributed by atoms with Gasteiger partial charge in [0, 0.05) is 16.1 Å². The molecule has 0 bridgehead atoms. The Kier molecular flexibility index (Phi) is 2.69. The molecule has 1 nitrogen and oxygen atoms in total. The molecule has 0 unspecified atom stereocenters. The molecule has 2 aromatic rings. The van der Waals surface area contributed by atoms with Gasteiger partial charge in [0.2, 0.25) is 0 Å². The van der Waals surface area contributed by atoms with E-state index < -0.39 is 0 Å². The van der Waals surface area contributed by atoms with E-state index in [0.29, 0.717) is 10.0 Å². The highest BCUT2D eigenvalue weighted by Gasteiger charge is 2.09. The smallest absolute Gasteiger partial charge is 0.0914 e. The number of rotatable bonds is 0. The Morgan fingerprint density at radius 2 is 2.00 bits per heavy atom. The van der Waals surface area contributed by atoms with Gasteiger partial charge >= 0.3 is 0 Å². The number of fused-ring (bicyclic) bond motifs is 1. The van der Waals surface area contributed by atoms with E-state index in [1.165, 1.54) is 0 Å². The summed E-state index contributed by atoms with van der Waals surface area (Å²) >= 11 is 15.6. The monoisotopic (exact) mass is 289 g/mol. The summed E-state index contributed by atoms with van der Waals surface area (Å²) in [7, 11) is 0. The Balaban J connectivity index is 3.01. The van der Waals surface area contributed by atoms with E-state index in [2.05, 4.69) is 20.9 Å². The molecular weight excluding hydrogens is 285 g/mol. The third kappa shape index (κ3) is 1.52. The van der Waals surface area contributed by atoms with Crippen LogP contribution in [-0.4, -0.2) is 4.98 Å². The van der Waals surface area contributed by atoms with Gasteiger partial charge in [-0.15, -0.1) is 0 Å². The first-order valence-electron chi connectivity index (χ1n) is 4.00. The van der Waals surface area contributed by atoms with Crippen molar-refractivity contribution in [1.29, 1.82) is 0 Å². The molecular formula is C10H6BrCl2N. The van der Waals surface area contributed by atoms with E-state index in [0.717, 1.165) is 20.9 Å². The second-order valence-electron chi connectivity index (χ2n) is 3.01. The highest BCUT2D eigenvalue weighted by Crippen LogP contribution is 2.34. The van der Waals surface area contributed by atoms with Crippen molar-refractivity contribution in [3.63, 3.8) is 0 Å². The zero-order chi connectivity index (χ0) is 10.3. The van der Waals surface area contributed by atoms with Crippen molar-refractivity contribution in [2.45, 2.75) is 6.92 Å². The average molecular weight is 291 g/mol. The molecule has 0 spiro atoms. The maximum absolute atomic E-state index is 6.17. The average Bonchev–Trinajstić information content (AvgIpc) is 2.16. The van der Waals surface area contributed by atoms with Crippen LogP contribution in [0.2, 0.25) is 10.0 Å². The van der Waals surface area contributed by atoms with Crippen LogP contribution in [0.25, 0.3) is 10.9 Å². The lowest BCUT2D eigenvalue weighted by atomic mass is 10.2. The summed E-state index contributed by atoms with van der Waals surface area (Å²) in [6, 6.07) is 3.67. The number of nitrogens with zero attached hydrogens (tertiary/aromatic N) is 1. The molecule has 0 N–H and O–H groups in total. The van der Waals surface area contributed by atoms with E-state index in [4.69, 9.17) is 23.2 Å². The second kappa shape index (κ2) is 3.69. The maximum atomic E-state index is 6.17. The van der Waals surface area contributed by atoms with Gasteiger partial charge in [0.05, 0.1) is 15.6 Å². The fraction of sp³-hybridized carbons (Fsp3) is 0.100.